The highest BCUT2D eigenvalue weighted by Gasteiger charge is 1.91. The molecule has 112 valence electrons. The molecule has 0 fully saturated rings. The highest BCUT2D eigenvalue weighted by atomic mass is 32.1. The molecule has 0 aliphatic carbocycles. The standard InChI is InChI=1S/C12H26S.C3H8O2/c1-2-3-4-5-6-7-8-9-10-11-12-13;1-3(5)2-4/h13H,2-12H2,1H3;3-5H,2H2,1H3. The minimum Gasteiger partial charge on any atom is -0.394 e. The van der Waals surface area contributed by atoms with Crippen molar-refractivity contribution in [2.45, 2.75) is 84.2 Å². The molecule has 0 heterocycles. The Balaban J connectivity index is 0. The van der Waals surface area contributed by atoms with Crippen molar-refractivity contribution in [2.24, 2.45) is 0 Å². The van der Waals surface area contributed by atoms with Crippen LogP contribution in [0.25, 0.3) is 0 Å². The monoisotopic (exact) mass is 278 g/mol. The molecule has 0 aromatic carbocycles. The summed E-state index contributed by atoms with van der Waals surface area (Å²) in [6.45, 7) is 3.66. The van der Waals surface area contributed by atoms with Crippen molar-refractivity contribution in [1.29, 1.82) is 0 Å². The Morgan fingerprint density at radius 2 is 1.17 bits per heavy atom. The van der Waals surface area contributed by atoms with E-state index in [1.165, 1.54) is 71.1 Å². The van der Waals surface area contributed by atoms with Crippen LogP contribution in [0.4, 0.5) is 0 Å². The van der Waals surface area contributed by atoms with Gasteiger partial charge >= 0.3 is 0 Å². The first-order chi connectivity index (χ1) is 8.68. The van der Waals surface area contributed by atoms with Crippen molar-refractivity contribution in [3.8, 4) is 0 Å². The first-order valence-electron chi connectivity index (χ1n) is 7.58. The van der Waals surface area contributed by atoms with Gasteiger partial charge in [-0.3, -0.25) is 0 Å². The molecular formula is C15H34O2S. The van der Waals surface area contributed by atoms with E-state index in [1.54, 1.807) is 0 Å². The summed E-state index contributed by atoms with van der Waals surface area (Å²) in [5, 5.41) is 16.0. The summed E-state index contributed by atoms with van der Waals surface area (Å²) >= 11 is 4.20. The van der Waals surface area contributed by atoms with E-state index < -0.39 is 6.10 Å². The zero-order valence-corrected chi connectivity index (χ0v) is 13.3. The van der Waals surface area contributed by atoms with E-state index in [1.807, 2.05) is 0 Å². The van der Waals surface area contributed by atoms with Crippen molar-refractivity contribution in [3.05, 3.63) is 0 Å². The lowest BCUT2D eigenvalue weighted by molar-refractivity contribution is 0.110. The van der Waals surface area contributed by atoms with E-state index in [0.29, 0.717) is 0 Å². The predicted octanol–water partition coefficient (Wildman–Crippen LogP) is 4.20. The predicted molar refractivity (Wildman–Crippen MR) is 84.5 cm³/mol. The minimum atomic E-state index is -0.560. The molecule has 0 saturated heterocycles. The summed E-state index contributed by atoms with van der Waals surface area (Å²) in [5.74, 6) is 1.07. The Kier molecular flexibility index (Phi) is 22.4. The second-order valence-electron chi connectivity index (χ2n) is 4.94. The van der Waals surface area contributed by atoms with Gasteiger partial charge in [0.15, 0.2) is 0 Å². The fourth-order valence-corrected chi connectivity index (χ4v) is 1.82. The molecule has 18 heavy (non-hydrogen) atoms. The van der Waals surface area contributed by atoms with Gasteiger partial charge < -0.3 is 10.2 Å². The zero-order chi connectivity index (χ0) is 14.1. The van der Waals surface area contributed by atoms with Crippen LogP contribution in [0, 0.1) is 0 Å². The molecule has 0 aliphatic heterocycles. The lowest BCUT2D eigenvalue weighted by Gasteiger charge is -2.00. The average molecular weight is 279 g/mol. The van der Waals surface area contributed by atoms with Crippen LogP contribution in [0.2, 0.25) is 0 Å². The Bertz CT molecular complexity index is 120. The smallest absolute Gasteiger partial charge is 0.0742 e. The first kappa shape index (κ1) is 20.6. The van der Waals surface area contributed by atoms with Gasteiger partial charge in [0.25, 0.3) is 0 Å². The van der Waals surface area contributed by atoms with E-state index in [-0.39, 0.29) is 6.61 Å². The van der Waals surface area contributed by atoms with Gasteiger partial charge in [-0.1, -0.05) is 64.7 Å². The molecule has 0 bridgehead atoms. The topological polar surface area (TPSA) is 40.5 Å². The van der Waals surface area contributed by atoms with Crippen LogP contribution in [-0.4, -0.2) is 28.7 Å². The Hall–Kier alpha value is 0.270. The van der Waals surface area contributed by atoms with Gasteiger partial charge in [-0.15, -0.1) is 0 Å². The molecule has 0 spiro atoms. The van der Waals surface area contributed by atoms with Gasteiger partial charge in [-0.2, -0.15) is 12.6 Å². The van der Waals surface area contributed by atoms with Crippen molar-refractivity contribution in [1.82, 2.24) is 0 Å². The number of thiol groups is 1. The van der Waals surface area contributed by atoms with E-state index in [2.05, 4.69) is 19.6 Å². The number of unbranched alkanes of at least 4 members (excludes halogenated alkanes) is 9. The SMILES string of the molecule is CC(O)CO.CCCCCCCCCCCCS. The third-order valence-electron chi connectivity index (χ3n) is 2.78. The zero-order valence-electron chi connectivity index (χ0n) is 12.4. The van der Waals surface area contributed by atoms with E-state index in [4.69, 9.17) is 10.2 Å². The first-order valence-corrected chi connectivity index (χ1v) is 8.22. The van der Waals surface area contributed by atoms with Crippen LogP contribution in [-0.2, 0) is 0 Å². The molecule has 0 amide bonds. The molecule has 2 nitrogen and oxygen atoms in total. The van der Waals surface area contributed by atoms with Gasteiger partial charge in [0, 0.05) is 0 Å². The largest absolute Gasteiger partial charge is 0.394 e. The van der Waals surface area contributed by atoms with Gasteiger partial charge in [0.1, 0.15) is 0 Å². The second kappa shape index (κ2) is 19.6. The number of hydrogen-bond acceptors (Lipinski definition) is 3. The maximum Gasteiger partial charge on any atom is 0.0742 e. The van der Waals surface area contributed by atoms with Gasteiger partial charge in [-0.25, -0.2) is 0 Å². The van der Waals surface area contributed by atoms with Crippen LogP contribution in [0.5, 0.6) is 0 Å². The molecule has 0 radical (unpaired) electrons. The lowest BCUT2D eigenvalue weighted by atomic mass is 10.1. The van der Waals surface area contributed by atoms with E-state index in [0.717, 1.165) is 5.75 Å². The molecule has 0 rings (SSSR count). The number of aliphatic hydroxyl groups is 2. The fraction of sp³-hybridized carbons (Fsp3) is 1.00. The van der Waals surface area contributed by atoms with Gasteiger partial charge in [-0.05, 0) is 19.1 Å². The molecular weight excluding hydrogens is 244 g/mol. The quantitative estimate of drug-likeness (QED) is 0.392. The summed E-state index contributed by atoms with van der Waals surface area (Å²) in [4.78, 5) is 0. The summed E-state index contributed by atoms with van der Waals surface area (Å²) in [6.07, 6.45) is 13.6. The van der Waals surface area contributed by atoms with Crippen LogP contribution >= 0.6 is 12.6 Å². The van der Waals surface area contributed by atoms with Crippen LogP contribution in [0.15, 0.2) is 0 Å². The van der Waals surface area contributed by atoms with Gasteiger partial charge in [0.05, 0.1) is 12.7 Å². The Morgan fingerprint density at radius 3 is 1.44 bits per heavy atom. The summed E-state index contributed by atoms with van der Waals surface area (Å²) in [7, 11) is 0. The molecule has 0 aliphatic rings. The normalized spacial score (nSPS) is 11.8. The average Bonchev–Trinajstić information content (AvgIpc) is 2.37. The fourth-order valence-electron chi connectivity index (χ4n) is 1.60. The van der Waals surface area contributed by atoms with Crippen molar-refractivity contribution in [2.75, 3.05) is 12.4 Å². The highest BCUT2D eigenvalue weighted by Crippen LogP contribution is 2.10. The van der Waals surface area contributed by atoms with Crippen LogP contribution in [0.1, 0.15) is 78.1 Å². The Morgan fingerprint density at radius 1 is 0.833 bits per heavy atom. The van der Waals surface area contributed by atoms with Gasteiger partial charge in [0.2, 0.25) is 0 Å². The summed E-state index contributed by atoms with van der Waals surface area (Å²) in [5.41, 5.74) is 0. The molecule has 1 unspecified atom stereocenters. The number of rotatable bonds is 11. The number of hydrogen-bond donors (Lipinski definition) is 3. The Labute approximate surface area is 120 Å². The van der Waals surface area contributed by atoms with Crippen molar-refractivity contribution < 1.29 is 10.2 Å². The molecule has 0 saturated carbocycles. The highest BCUT2D eigenvalue weighted by molar-refractivity contribution is 7.80. The van der Waals surface area contributed by atoms with Crippen molar-refractivity contribution in [3.63, 3.8) is 0 Å². The number of aliphatic hydroxyl groups excluding tert-OH is 2. The van der Waals surface area contributed by atoms with Crippen LogP contribution < -0.4 is 0 Å². The summed E-state index contributed by atoms with van der Waals surface area (Å²) in [6, 6.07) is 0. The molecule has 3 heteroatoms. The van der Waals surface area contributed by atoms with E-state index >= 15 is 0 Å². The lowest BCUT2D eigenvalue weighted by Crippen LogP contribution is -2.03. The maximum absolute atomic E-state index is 8.11. The maximum atomic E-state index is 8.11. The molecule has 1 atom stereocenters. The van der Waals surface area contributed by atoms with Crippen molar-refractivity contribution >= 4 is 12.6 Å². The molecule has 0 aromatic rings. The minimum absolute atomic E-state index is 0.139. The third kappa shape index (κ3) is 25.2. The second-order valence-corrected chi connectivity index (χ2v) is 5.38. The summed E-state index contributed by atoms with van der Waals surface area (Å²) < 4.78 is 0. The molecule has 0 aromatic heterocycles. The van der Waals surface area contributed by atoms with Crippen LogP contribution in [0.3, 0.4) is 0 Å². The molecule has 2 N–H and O–H groups in total. The van der Waals surface area contributed by atoms with E-state index in [9.17, 15) is 0 Å². The third-order valence-corrected chi connectivity index (χ3v) is 3.09.